The monoisotopic (exact) mass is 782 g/mol. The topological polar surface area (TPSA) is 15.3 Å². The third-order valence-electron chi connectivity index (χ3n) is 10.9. The summed E-state index contributed by atoms with van der Waals surface area (Å²) in [4.78, 5) is 2.32. The highest BCUT2D eigenvalue weighted by atomic mass is 15.1. The lowest BCUT2D eigenvalue weighted by Gasteiger charge is -2.26. The number of anilines is 5. The van der Waals surface area contributed by atoms with Crippen molar-refractivity contribution in [1.29, 1.82) is 0 Å². The predicted molar refractivity (Wildman–Crippen MR) is 261 cm³/mol. The van der Waals surface area contributed by atoms with E-state index >= 15 is 0 Å². The highest BCUT2D eigenvalue weighted by Crippen LogP contribution is 2.37. The van der Waals surface area contributed by atoms with Gasteiger partial charge in [0.05, 0.1) is 0 Å². The minimum atomic E-state index is 1.04. The average molecular weight is 783 g/mol. The lowest BCUT2D eigenvalue weighted by molar-refractivity contribution is 1.27. The lowest BCUT2D eigenvalue weighted by atomic mass is 9.95. The lowest BCUT2D eigenvalue weighted by Crippen LogP contribution is -2.09. The van der Waals surface area contributed by atoms with Gasteiger partial charge in [-0.25, -0.2) is 0 Å². The van der Waals surface area contributed by atoms with Gasteiger partial charge < -0.3 is 10.2 Å². The summed E-state index contributed by atoms with van der Waals surface area (Å²) in [5, 5.41) is 3.59. The van der Waals surface area contributed by atoms with Crippen molar-refractivity contribution in [3.05, 3.63) is 282 Å². The van der Waals surface area contributed by atoms with Gasteiger partial charge in [-0.2, -0.15) is 0 Å². The molecule has 2 nitrogen and oxygen atoms in total. The van der Waals surface area contributed by atoms with Crippen molar-refractivity contribution in [2.24, 2.45) is 0 Å². The van der Waals surface area contributed by atoms with Gasteiger partial charge in [-0.05, 0) is 135 Å². The number of benzene rings is 9. The van der Waals surface area contributed by atoms with E-state index in [1.54, 1.807) is 0 Å². The molecule has 9 aromatic rings. The van der Waals surface area contributed by atoms with Crippen LogP contribution in [0.25, 0.3) is 34.4 Å². The highest BCUT2D eigenvalue weighted by Gasteiger charge is 2.14. The number of hydrogen-bond acceptors (Lipinski definition) is 2. The molecule has 0 unspecified atom stereocenters. The summed E-state index contributed by atoms with van der Waals surface area (Å²) in [5.74, 6) is 0. The molecule has 9 aromatic carbocycles. The second-order valence-electron chi connectivity index (χ2n) is 15.2. The van der Waals surface area contributed by atoms with Gasteiger partial charge in [0, 0.05) is 28.4 Å². The quantitative estimate of drug-likeness (QED) is 0.124. The van der Waals surface area contributed by atoms with E-state index in [1.807, 2.05) is 0 Å². The van der Waals surface area contributed by atoms with Crippen LogP contribution in [0.3, 0.4) is 0 Å². The molecule has 0 saturated carbocycles. The highest BCUT2D eigenvalue weighted by molar-refractivity contribution is 5.93. The molecule has 2 heteroatoms. The Balaban J connectivity index is 0.924. The number of rotatable bonds is 12. The molecule has 61 heavy (non-hydrogen) atoms. The summed E-state index contributed by atoms with van der Waals surface area (Å²) in [5.41, 5.74) is 18.4. The van der Waals surface area contributed by atoms with Crippen LogP contribution in [0.1, 0.15) is 38.9 Å². The van der Waals surface area contributed by atoms with Crippen molar-refractivity contribution in [2.45, 2.75) is 6.92 Å². The van der Waals surface area contributed by atoms with Crippen LogP contribution in [0.5, 0.6) is 0 Å². The van der Waals surface area contributed by atoms with Crippen molar-refractivity contribution in [2.75, 3.05) is 10.2 Å². The van der Waals surface area contributed by atoms with Gasteiger partial charge in [-0.3, -0.25) is 0 Å². The molecular weight excluding hydrogens is 737 g/mol. The van der Waals surface area contributed by atoms with Crippen molar-refractivity contribution < 1.29 is 0 Å². The van der Waals surface area contributed by atoms with Gasteiger partial charge in [0.1, 0.15) is 0 Å². The summed E-state index contributed by atoms with van der Waals surface area (Å²) < 4.78 is 0. The minimum Gasteiger partial charge on any atom is -0.356 e. The molecule has 0 saturated heterocycles. The predicted octanol–water partition coefficient (Wildman–Crippen LogP) is 16.1. The third-order valence-corrected chi connectivity index (χ3v) is 10.9. The zero-order chi connectivity index (χ0) is 41.2. The molecule has 0 amide bonds. The van der Waals surface area contributed by atoms with E-state index in [9.17, 15) is 0 Å². The van der Waals surface area contributed by atoms with Crippen LogP contribution in [-0.2, 0) is 0 Å². The second kappa shape index (κ2) is 18.3. The number of nitrogens with one attached hydrogen (secondary N) is 1. The maximum Gasteiger partial charge on any atom is 0.0462 e. The van der Waals surface area contributed by atoms with Crippen LogP contribution in [0.4, 0.5) is 28.4 Å². The van der Waals surface area contributed by atoms with E-state index in [-0.39, 0.29) is 0 Å². The molecule has 0 heterocycles. The standard InChI is InChI=1S/C59H46N2/c1-44-22-36-55(37-23-44)61(56-38-26-46(27-39-56)43-59(51-18-10-4-11-19-51)52-20-12-5-13-21-52)57-40-30-48(31-41-57)47-28-34-54(35-29-47)60-53-32-24-45(25-33-53)42-58(49-14-6-2-7-15-49)50-16-8-3-9-17-50/h2-43,60H,1H3. The fourth-order valence-corrected chi connectivity index (χ4v) is 7.71. The first kappa shape index (κ1) is 38.6. The largest absolute Gasteiger partial charge is 0.356 e. The molecule has 0 spiro atoms. The molecule has 0 aromatic heterocycles. The van der Waals surface area contributed by atoms with E-state index in [1.165, 1.54) is 39.0 Å². The maximum atomic E-state index is 3.59. The first-order valence-corrected chi connectivity index (χ1v) is 20.8. The maximum absolute atomic E-state index is 3.59. The van der Waals surface area contributed by atoms with Gasteiger partial charge >= 0.3 is 0 Å². The fourth-order valence-electron chi connectivity index (χ4n) is 7.71. The molecule has 0 bridgehead atoms. The fraction of sp³-hybridized carbons (Fsp3) is 0.0169. The Morgan fingerprint density at radius 1 is 0.328 bits per heavy atom. The summed E-state index contributed by atoms with van der Waals surface area (Å²) in [6, 6.07) is 86.1. The molecule has 0 atom stereocenters. The van der Waals surface area contributed by atoms with Gasteiger partial charge in [0.15, 0.2) is 0 Å². The van der Waals surface area contributed by atoms with Crippen LogP contribution in [0.15, 0.2) is 243 Å². The van der Waals surface area contributed by atoms with Crippen LogP contribution in [0, 0.1) is 6.92 Å². The second-order valence-corrected chi connectivity index (χ2v) is 15.2. The number of nitrogens with zero attached hydrogens (tertiary/aromatic N) is 1. The summed E-state index contributed by atoms with van der Waals surface area (Å²) in [6.45, 7) is 2.13. The van der Waals surface area contributed by atoms with Crippen molar-refractivity contribution >= 4 is 51.7 Å². The molecule has 292 valence electrons. The van der Waals surface area contributed by atoms with Crippen LogP contribution in [0.2, 0.25) is 0 Å². The summed E-state index contributed by atoms with van der Waals surface area (Å²) in [6.07, 6.45) is 4.54. The first-order chi connectivity index (χ1) is 30.1. The van der Waals surface area contributed by atoms with E-state index < -0.39 is 0 Å². The Labute approximate surface area is 360 Å². The zero-order valence-electron chi connectivity index (χ0n) is 34.2. The normalized spacial score (nSPS) is 10.7. The Morgan fingerprint density at radius 2 is 0.623 bits per heavy atom. The van der Waals surface area contributed by atoms with Crippen LogP contribution in [-0.4, -0.2) is 0 Å². The summed E-state index contributed by atoms with van der Waals surface area (Å²) >= 11 is 0. The zero-order valence-corrected chi connectivity index (χ0v) is 34.2. The van der Waals surface area contributed by atoms with Crippen molar-refractivity contribution in [3.63, 3.8) is 0 Å². The van der Waals surface area contributed by atoms with Crippen LogP contribution < -0.4 is 10.2 Å². The Kier molecular flexibility index (Phi) is 11.6. The van der Waals surface area contributed by atoms with Gasteiger partial charge in [0.2, 0.25) is 0 Å². The number of aryl methyl sites for hydroxylation is 1. The minimum absolute atomic E-state index is 1.04. The molecule has 1 N–H and O–H groups in total. The third kappa shape index (κ3) is 9.36. The molecule has 0 aliphatic heterocycles. The molecule has 0 radical (unpaired) electrons. The molecule has 0 aliphatic carbocycles. The van der Waals surface area contributed by atoms with E-state index in [0.29, 0.717) is 0 Å². The first-order valence-electron chi connectivity index (χ1n) is 20.8. The number of hydrogen-bond donors (Lipinski definition) is 1. The summed E-state index contributed by atoms with van der Waals surface area (Å²) in [7, 11) is 0. The molecular formula is C59H46N2. The van der Waals surface area contributed by atoms with Gasteiger partial charge in [-0.1, -0.05) is 188 Å². The molecule has 9 rings (SSSR count). The van der Waals surface area contributed by atoms with Crippen LogP contribution >= 0.6 is 0 Å². The average Bonchev–Trinajstić information content (AvgIpc) is 3.33. The Hall–Kier alpha value is -7.94. The Morgan fingerprint density at radius 3 is 1.00 bits per heavy atom. The van der Waals surface area contributed by atoms with Crippen molar-refractivity contribution in [1.82, 2.24) is 0 Å². The van der Waals surface area contributed by atoms with E-state index in [0.717, 1.165) is 50.7 Å². The van der Waals surface area contributed by atoms with E-state index in [4.69, 9.17) is 0 Å². The smallest absolute Gasteiger partial charge is 0.0462 e. The Bertz CT molecular complexity index is 2760. The molecule has 0 fully saturated rings. The van der Waals surface area contributed by atoms with Crippen molar-refractivity contribution in [3.8, 4) is 11.1 Å². The molecule has 0 aliphatic rings. The van der Waals surface area contributed by atoms with E-state index in [2.05, 4.69) is 272 Å². The van der Waals surface area contributed by atoms with Gasteiger partial charge in [0.25, 0.3) is 0 Å². The SMILES string of the molecule is Cc1ccc(N(c2ccc(C=C(c3ccccc3)c3ccccc3)cc2)c2ccc(-c3ccc(Nc4ccc(C=C(c5ccccc5)c5ccccc5)cc4)cc3)cc2)cc1. The van der Waals surface area contributed by atoms with Gasteiger partial charge in [-0.15, -0.1) is 0 Å².